The number of Topliss-reactive ketones (excluding diaryl/α,β-unsaturated/α-hetero) is 1. The zero-order valence-electron chi connectivity index (χ0n) is 12.2. The second kappa shape index (κ2) is 5.96. The maximum absolute atomic E-state index is 11.5. The molecular formula is C17H23NO2. The highest BCUT2D eigenvalue weighted by atomic mass is 16.5. The lowest BCUT2D eigenvalue weighted by atomic mass is 10.1. The summed E-state index contributed by atoms with van der Waals surface area (Å²) in [6.45, 7) is 4.48. The van der Waals surface area contributed by atoms with E-state index in [0.29, 0.717) is 12.2 Å². The predicted octanol–water partition coefficient (Wildman–Crippen LogP) is 3.14. The fourth-order valence-electron chi connectivity index (χ4n) is 2.65. The molecule has 0 atom stereocenters. The molecule has 0 radical (unpaired) electrons. The number of hydrogen-bond donors (Lipinski definition) is 0. The summed E-state index contributed by atoms with van der Waals surface area (Å²) in [6, 6.07) is 8.32. The fraction of sp³-hybridized carbons (Fsp3) is 0.588. The maximum Gasteiger partial charge on any atom is 0.163 e. The van der Waals surface area contributed by atoms with Crippen LogP contribution >= 0.6 is 0 Å². The molecule has 1 aromatic rings. The molecule has 2 aliphatic carbocycles. The van der Waals surface area contributed by atoms with Crippen LogP contribution in [0, 0.1) is 5.92 Å². The van der Waals surface area contributed by atoms with Crippen LogP contribution in [0.5, 0.6) is 5.75 Å². The van der Waals surface area contributed by atoms with Crippen molar-refractivity contribution in [2.75, 3.05) is 19.7 Å². The standard InChI is InChI=1S/C17H23NO2/c1-13(19)16-4-2-3-5-17(16)20-11-10-18(15-8-9-15)12-14-6-7-14/h2-5,14-15H,6-12H2,1H3. The molecule has 2 aliphatic rings. The summed E-state index contributed by atoms with van der Waals surface area (Å²) in [5, 5.41) is 0. The highest BCUT2D eigenvalue weighted by molar-refractivity contribution is 5.96. The molecule has 3 nitrogen and oxygen atoms in total. The van der Waals surface area contributed by atoms with E-state index in [1.54, 1.807) is 6.92 Å². The third-order valence-electron chi connectivity index (χ3n) is 4.16. The normalized spacial score (nSPS) is 18.3. The van der Waals surface area contributed by atoms with Gasteiger partial charge in [0.05, 0.1) is 5.56 Å². The Morgan fingerprint density at radius 3 is 2.65 bits per heavy atom. The Balaban J connectivity index is 1.52. The molecule has 0 bridgehead atoms. The summed E-state index contributed by atoms with van der Waals surface area (Å²) >= 11 is 0. The van der Waals surface area contributed by atoms with Gasteiger partial charge < -0.3 is 4.74 Å². The predicted molar refractivity (Wildman–Crippen MR) is 79.3 cm³/mol. The fourth-order valence-corrected chi connectivity index (χ4v) is 2.65. The first-order valence-corrected chi connectivity index (χ1v) is 7.71. The summed E-state index contributed by atoms with van der Waals surface area (Å²) in [6.07, 6.45) is 5.49. The number of para-hydroxylation sites is 1. The Labute approximate surface area is 120 Å². The Morgan fingerprint density at radius 1 is 1.25 bits per heavy atom. The SMILES string of the molecule is CC(=O)c1ccccc1OCCN(CC1CC1)C1CC1. The van der Waals surface area contributed by atoms with Gasteiger partial charge in [-0.25, -0.2) is 0 Å². The summed E-state index contributed by atoms with van der Waals surface area (Å²) < 4.78 is 5.85. The summed E-state index contributed by atoms with van der Waals surface area (Å²) in [5.41, 5.74) is 0.688. The monoisotopic (exact) mass is 273 g/mol. The third-order valence-corrected chi connectivity index (χ3v) is 4.16. The summed E-state index contributed by atoms with van der Waals surface area (Å²) in [5.74, 6) is 1.72. The molecule has 0 saturated heterocycles. The van der Waals surface area contributed by atoms with Crippen molar-refractivity contribution in [3.8, 4) is 5.75 Å². The number of ether oxygens (including phenoxy) is 1. The van der Waals surface area contributed by atoms with Gasteiger partial charge in [0.2, 0.25) is 0 Å². The lowest BCUT2D eigenvalue weighted by molar-refractivity contribution is 0.101. The van der Waals surface area contributed by atoms with Gasteiger partial charge in [-0.1, -0.05) is 12.1 Å². The van der Waals surface area contributed by atoms with E-state index in [1.807, 2.05) is 24.3 Å². The second-order valence-corrected chi connectivity index (χ2v) is 6.07. The van der Waals surface area contributed by atoms with Gasteiger partial charge in [-0.3, -0.25) is 9.69 Å². The molecule has 0 unspecified atom stereocenters. The van der Waals surface area contributed by atoms with Crippen LogP contribution in [0.2, 0.25) is 0 Å². The number of benzene rings is 1. The van der Waals surface area contributed by atoms with Gasteiger partial charge in [0.15, 0.2) is 5.78 Å². The number of carbonyl (C=O) groups excluding carboxylic acids is 1. The van der Waals surface area contributed by atoms with E-state index in [1.165, 1.54) is 32.2 Å². The van der Waals surface area contributed by atoms with E-state index in [2.05, 4.69) is 4.90 Å². The van der Waals surface area contributed by atoms with Gasteiger partial charge in [0.1, 0.15) is 12.4 Å². The van der Waals surface area contributed by atoms with Crippen molar-refractivity contribution in [3.05, 3.63) is 29.8 Å². The molecule has 2 saturated carbocycles. The summed E-state index contributed by atoms with van der Waals surface area (Å²) in [4.78, 5) is 14.1. The minimum atomic E-state index is 0.0672. The minimum absolute atomic E-state index is 0.0672. The molecule has 0 N–H and O–H groups in total. The molecule has 1 aromatic carbocycles. The molecule has 3 rings (SSSR count). The van der Waals surface area contributed by atoms with Crippen LogP contribution in [-0.4, -0.2) is 36.4 Å². The quantitative estimate of drug-likeness (QED) is 0.681. The van der Waals surface area contributed by atoms with E-state index in [4.69, 9.17) is 4.74 Å². The van der Waals surface area contributed by atoms with Crippen molar-refractivity contribution < 1.29 is 9.53 Å². The Hall–Kier alpha value is -1.35. The first-order chi connectivity index (χ1) is 9.74. The van der Waals surface area contributed by atoms with Crippen LogP contribution in [-0.2, 0) is 0 Å². The maximum atomic E-state index is 11.5. The molecule has 108 valence electrons. The molecule has 3 heteroatoms. The Kier molecular flexibility index (Phi) is 4.06. The highest BCUT2D eigenvalue weighted by Crippen LogP contribution is 2.34. The number of carbonyl (C=O) groups is 1. The molecule has 0 spiro atoms. The zero-order valence-corrected chi connectivity index (χ0v) is 12.2. The van der Waals surface area contributed by atoms with Gasteiger partial charge in [-0.2, -0.15) is 0 Å². The Bertz CT molecular complexity index is 478. The van der Waals surface area contributed by atoms with Crippen molar-refractivity contribution >= 4 is 5.78 Å². The van der Waals surface area contributed by atoms with E-state index in [0.717, 1.165) is 24.3 Å². The molecule has 20 heavy (non-hydrogen) atoms. The first kappa shape index (κ1) is 13.6. The largest absolute Gasteiger partial charge is 0.491 e. The van der Waals surface area contributed by atoms with Crippen molar-refractivity contribution in [1.29, 1.82) is 0 Å². The molecule has 0 aliphatic heterocycles. The van der Waals surface area contributed by atoms with E-state index in [-0.39, 0.29) is 5.78 Å². The number of hydrogen-bond acceptors (Lipinski definition) is 3. The van der Waals surface area contributed by atoms with Gasteiger partial charge in [0, 0.05) is 19.1 Å². The third kappa shape index (κ3) is 3.60. The van der Waals surface area contributed by atoms with Crippen LogP contribution in [0.3, 0.4) is 0 Å². The minimum Gasteiger partial charge on any atom is -0.491 e. The first-order valence-electron chi connectivity index (χ1n) is 7.71. The zero-order chi connectivity index (χ0) is 13.9. The van der Waals surface area contributed by atoms with E-state index >= 15 is 0 Å². The van der Waals surface area contributed by atoms with Crippen LogP contribution in [0.25, 0.3) is 0 Å². The average Bonchev–Trinajstić information content (AvgIpc) is 3.31. The van der Waals surface area contributed by atoms with Crippen molar-refractivity contribution in [1.82, 2.24) is 4.90 Å². The van der Waals surface area contributed by atoms with Crippen LogP contribution in [0.1, 0.15) is 43.0 Å². The molecular weight excluding hydrogens is 250 g/mol. The van der Waals surface area contributed by atoms with Crippen molar-refractivity contribution in [2.24, 2.45) is 5.92 Å². The topological polar surface area (TPSA) is 29.5 Å². The number of rotatable bonds is 8. The molecule has 0 aromatic heterocycles. The van der Waals surface area contributed by atoms with Gasteiger partial charge in [-0.15, -0.1) is 0 Å². The van der Waals surface area contributed by atoms with Crippen molar-refractivity contribution in [3.63, 3.8) is 0 Å². The molecule has 2 fully saturated rings. The smallest absolute Gasteiger partial charge is 0.163 e. The van der Waals surface area contributed by atoms with Crippen molar-refractivity contribution in [2.45, 2.75) is 38.6 Å². The average molecular weight is 273 g/mol. The molecule has 0 amide bonds. The van der Waals surface area contributed by atoms with Crippen LogP contribution in [0.15, 0.2) is 24.3 Å². The van der Waals surface area contributed by atoms with E-state index in [9.17, 15) is 4.79 Å². The lowest BCUT2D eigenvalue weighted by Gasteiger charge is -2.22. The van der Waals surface area contributed by atoms with Crippen LogP contribution in [0.4, 0.5) is 0 Å². The summed E-state index contributed by atoms with van der Waals surface area (Å²) in [7, 11) is 0. The number of nitrogens with zero attached hydrogens (tertiary/aromatic N) is 1. The van der Waals surface area contributed by atoms with Gasteiger partial charge in [-0.05, 0) is 50.7 Å². The van der Waals surface area contributed by atoms with E-state index < -0.39 is 0 Å². The molecule has 0 heterocycles. The van der Waals surface area contributed by atoms with Gasteiger partial charge in [0.25, 0.3) is 0 Å². The lowest BCUT2D eigenvalue weighted by Crippen LogP contribution is -2.32. The van der Waals surface area contributed by atoms with Crippen LogP contribution < -0.4 is 4.74 Å². The second-order valence-electron chi connectivity index (χ2n) is 6.07. The number of ketones is 1. The Morgan fingerprint density at radius 2 is 2.00 bits per heavy atom. The highest BCUT2D eigenvalue weighted by Gasteiger charge is 2.33. The van der Waals surface area contributed by atoms with Gasteiger partial charge >= 0.3 is 0 Å².